The molecule has 0 spiro atoms. The smallest absolute Gasteiger partial charge is 0.259 e. The van der Waals surface area contributed by atoms with Crippen molar-refractivity contribution in [3.8, 4) is 0 Å². The van der Waals surface area contributed by atoms with Crippen molar-refractivity contribution in [3.05, 3.63) is 70.8 Å². The second-order valence-corrected chi connectivity index (χ2v) is 5.84. The molecule has 0 saturated carbocycles. The van der Waals surface area contributed by atoms with Crippen molar-refractivity contribution in [1.29, 1.82) is 0 Å². The lowest BCUT2D eigenvalue weighted by Gasteiger charge is -2.02. The molecule has 0 fully saturated rings. The molecule has 5 nitrogen and oxygen atoms in total. The third-order valence-corrected chi connectivity index (χ3v) is 4.36. The van der Waals surface area contributed by atoms with Gasteiger partial charge in [0.1, 0.15) is 0 Å². The molecular formula is C16H12N4OS. The molecule has 108 valence electrons. The zero-order valence-electron chi connectivity index (χ0n) is 11.6. The van der Waals surface area contributed by atoms with Gasteiger partial charge in [0, 0.05) is 23.7 Å². The van der Waals surface area contributed by atoms with Gasteiger partial charge in [0.25, 0.3) is 5.56 Å². The summed E-state index contributed by atoms with van der Waals surface area (Å²) in [6.45, 7) is 0. The topological polar surface area (TPSA) is 63.0 Å². The number of benzene rings is 1. The highest BCUT2D eigenvalue weighted by Crippen LogP contribution is 2.19. The highest BCUT2D eigenvalue weighted by Gasteiger charge is 2.08. The van der Waals surface area contributed by atoms with Crippen molar-refractivity contribution in [2.75, 3.05) is 0 Å². The van der Waals surface area contributed by atoms with Crippen molar-refractivity contribution in [2.24, 2.45) is 0 Å². The number of H-pyrrole nitrogens is 1. The van der Waals surface area contributed by atoms with Crippen LogP contribution in [-0.4, -0.2) is 19.4 Å². The minimum absolute atomic E-state index is 0.0703. The van der Waals surface area contributed by atoms with E-state index >= 15 is 0 Å². The quantitative estimate of drug-likeness (QED) is 0.591. The first-order valence-corrected chi connectivity index (χ1v) is 7.83. The van der Waals surface area contributed by atoms with Gasteiger partial charge in [0.05, 0.1) is 16.1 Å². The summed E-state index contributed by atoms with van der Waals surface area (Å²) in [4.78, 5) is 24.3. The van der Waals surface area contributed by atoms with Crippen LogP contribution in [0.3, 0.4) is 0 Å². The van der Waals surface area contributed by atoms with E-state index in [0.717, 1.165) is 21.8 Å². The molecule has 6 heteroatoms. The predicted molar refractivity (Wildman–Crippen MR) is 87.1 cm³/mol. The van der Waals surface area contributed by atoms with Gasteiger partial charge in [-0.25, -0.2) is 14.4 Å². The standard InChI is InChI=1S/C16H12N4OS/c21-15-9-11(10-22-14-7-3-4-8-17-14)18-16-19-12-5-1-2-6-13(12)20(15)16/h1-9H,10H2,(H,18,19). The molecule has 0 aliphatic carbocycles. The molecule has 0 amide bonds. The minimum Gasteiger partial charge on any atom is -0.328 e. The Bertz CT molecular complexity index is 1010. The Hall–Kier alpha value is -2.60. The number of thioether (sulfide) groups is 1. The molecule has 1 aromatic carbocycles. The normalized spacial score (nSPS) is 11.3. The number of nitrogens with zero attached hydrogens (tertiary/aromatic N) is 3. The van der Waals surface area contributed by atoms with Gasteiger partial charge in [-0.15, -0.1) is 11.8 Å². The molecule has 0 atom stereocenters. The van der Waals surface area contributed by atoms with Crippen LogP contribution in [0.15, 0.2) is 64.5 Å². The number of pyridine rings is 1. The van der Waals surface area contributed by atoms with Crippen LogP contribution in [0.1, 0.15) is 5.69 Å². The molecule has 0 aliphatic rings. The first kappa shape index (κ1) is 13.1. The maximum atomic E-state index is 12.4. The van der Waals surface area contributed by atoms with E-state index in [1.165, 1.54) is 0 Å². The average Bonchev–Trinajstić information content (AvgIpc) is 2.92. The lowest BCUT2D eigenvalue weighted by atomic mass is 10.3. The maximum absolute atomic E-state index is 12.4. The van der Waals surface area contributed by atoms with E-state index < -0.39 is 0 Å². The Morgan fingerprint density at radius 3 is 2.86 bits per heavy atom. The van der Waals surface area contributed by atoms with Gasteiger partial charge in [-0.3, -0.25) is 4.79 Å². The monoisotopic (exact) mass is 308 g/mol. The van der Waals surface area contributed by atoms with Gasteiger partial charge in [-0.2, -0.15) is 0 Å². The van der Waals surface area contributed by atoms with E-state index in [-0.39, 0.29) is 5.56 Å². The van der Waals surface area contributed by atoms with Crippen molar-refractivity contribution < 1.29 is 0 Å². The summed E-state index contributed by atoms with van der Waals surface area (Å²) >= 11 is 1.58. The van der Waals surface area contributed by atoms with Crippen molar-refractivity contribution in [2.45, 2.75) is 10.8 Å². The number of aromatic amines is 1. The van der Waals surface area contributed by atoms with E-state index in [4.69, 9.17) is 0 Å². The molecule has 22 heavy (non-hydrogen) atoms. The Kier molecular flexibility index (Phi) is 3.16. The van der Waals surface area contributed by atoms with Crippen LogP contribution in [0.5, 0.6) is 0 Å². The van der Waals surface area contributed by atoms with E-state index in [9.17, 15) is 4.79 Å². The molecule has 1 N–H and O–H groups in total. The number of fused-ring (bicyclic) bond motifs is 3. The van der Waals surface area contributed by atoms with Crippen molar-refractivity contribution >= 4 is 28.6 Å². The molecule has 4 rings (SSSR count). The maximum Gasteiger partial charge on any atom is 0.259 e. The summed E-state index contributed by atoms with van der Waals surface area (Å²) in [6, 6.07) is 15.0. The van der Waals surface area contributed by atoms with Gasteiger partial charge >= 0.3 is 0 Å². The number of hydrogen-bond donors (Lipinski definition) is 1. The van der Waals surface area contributed by atoms with Crippen LogP contribution in [0.4, 0.5) is 0 Å². The van der Waals surface area contributed by atoms with Gasteiger partial charge in [-0.1, -0.05) is 18.2 Å². The summed E-state index contributed by atoms with van der Waals surface area (Å²) in [5.41, 5.74) is 2.40. The van der Waals surface area contributed by atoms with Crippen LogP contribution in [0.2, 0.25) is 0 Å². The fraction of sp³-hybridized carbons (Fsp3) is 0.0625. The molecule has 0 unspecified atom stereocenters. The van der Waals surface area contributed by atoms with Gasteiger partial charge < -0.3 is 4.98 Å². The lowest BCUT2D eigenvalue weighted by Crippen LogP contribution is -2.14. The van der Waals surface area contributed by atoms with Gasteiger partial charge in [0.15, 0.2) is 0 Å². The van der Waals surface area contributed by atoms with Crippen LogP contribution < -0.4 is 5.56 Å². The van der Waals surface area contributed by atoms with E-state index in [0.29, 0.717) is 11.5 Å². The molecule has 0 radical (unpaired) electrons. The molecule has 3 aromatic heterocycles. The summed E-state index contributed by atoms with van der Waals surface area (Å²) in [7, 11) is 0. The Labute approximate surface area is 130 Å². The fourth-order valence-corrected chi connectivity index (χ4v) is 3.16. The van der Waals surface area contributed by atoms with E-state index in [1.54, 1.807) is 28.4 Å². The average molecular weight is 308 g/mol. The van der Waals surface area contributed by atoms with Crippen molar-refractivity contribution in [1.82, 2.24) is 19.4 Å². The number of rotatable bonds is 3. The Morgan fingerprint density at radius 2 is 2.00 bits per heavy atom. The molecule has 3 heterocycles. The molecule has 0 saturated heterocycles. The molecule has 4 aromatic rings. The van der Waals surface area contributed by atoms with Crippen LogP contribution in [0, 0.1) is 0 Å². The Morgan fingerprint density at radius 1 is 1.14 bits per heavy atom. The van der Waals surface area contributed by atoms with Crippen LogP contribution in [0.25, 0.3) is 16.8 Å². The highest BCUT2D eigenvalue weighted by atomic mass is 32.2. The first-order chi connectivity index (χ1) is 10.8. The third kappa shape index (κ3) is 2.27. The predicted octanol–water partition coefficient (Wildman–Crippen LogP) is 2.86. The molecule has 0 aliphatic heterocycles. The highest BCUT2D eigenvalue weighted by molar-refractivity contribution is 7.98. The summed E-state index contributed by atoms with van der Waals surface area (Å²) in [5, 5.41) is 0.928. The molecule has 0 bridgehead atoms. The largest absolute Gasteiger partial charge is 0.328 e. The van der Waals surface area contributed by atoms with Crippen LogP contribution in [-0.2, 0) is 5.75 Å². The second-order valence-electron chi connectivity index (χ2n) is 4.85. The summed E-state index contributed by atoms with van der Waals surface area (Å²) < 4.78 is 1.60. The van der Waals surface area contributed by atoms with Gasteiger partial charge in [0.2, 0.25) is 5.78 Å². The van der Waals surface area contributed by atoms with Gasteiger partial charge in [-0.05, 0) is 24.3 Å². The summed E-state index contributed by atoms with van der Waals surface area (Å²) in [6.07, 6.45) is 1.76. The lowest BCUT2D eigenvalue weighted by molar-refractivity contribution is 1.03. The van der Waals surface area contributed by atoms with E-state index in [2.05, 4.69) is 15.0 Å². The minimum atomic E-state index is -0.0703. The number of imidazole rings is 1. The number of para-hydroxylation sites is 2. The molecular weight excluding hydrogens is 296 g/mol. The summed E-state index contributed by atoms with van der Waals surface area (Å²) in [5.74, 6) is 1.22. The third-order valence-electron chi connectivity index (χ3n) is 3.36. The first-order valence-electron chi connectivity index (χ1n) is 6.84. The Balaban J connectivity index is 1.74. The second kappa shape index (κ2) is 5.31. The zero-order chi connectivity index (χ0) is 14.9. The SMILES string of the molecule is O=c1cc(CSc2ccccn2)[nH]c2nc3ccccc3n12. The van der Waals surface area contributed by atoms with Crippen molar-refractivity contribution in [3.63, 3.8) is 0 Å². The number of nitrogens with one attached hydrogen (secondary N) is 1. The zero-order valence-corrected chi connectivity index (χ0v) is 12.4. The fourth-order valence-electron chi connectivity index (χ4n) is 2.39. The van der Waals surface area contributed by atoms with Crippen LogP contribution >= 0.6 is 11.8 Å². The number of aromatic nitrogens is 4. The van der Waals surface area contributed by atoms with E-state index in [1.807, 2.05) is 42.5 Å². The number of hydrogen-bond acceptors (Lipinski definition) is 4.